The number of benzene rings is 2. The first-order valence-corrected chi connectivity index (χ1v) is 8.16. The van der Waals surface area contributed by atoms with E-state index < -0.39 is 0 Å². The van der Waals surface area contributed by atoms with E-state index in [-0.39, 0.29) is 5.75 Å². The van der Waals surface area contributed by atoms with Crippen molar-refractivity contribution in [3.8, 4) is 11.5 Å². The molecule has 0 bridgehead atoms. The van der Waals surface area contributed by atoms with Gasteiger partial charge in [0.05, 0.1) is 26.0 Å². The molecule has 0 unspecified atom stereocenters. The minimum atomic E-state index is 0.187. The third-order valence-electron chi connectivity index (χ3n) is 4.18. The summed E-state index contributed by atoms with van der Waals surface area (Å²) >= 11 is 0. The zero-order valence-electron chi connectivity index (χ0n) is 13.9. The number of morpholine rings is 1. The molecule has 2 aromatic carbocycles. The van der Waals surface area contributed by atoms with Gasteiger partial charge in [0.15, 0.2) is 0 Å². The number of quaternary nitrogens is 1. The van der Waals surface area contributed by atoms with Gasteiger partial charge in [-0.3, -0.25) is 4.99 Å². The van der Waals surface area contributed by atoms with Crippen molar-refractivity contribution >= 4 is 11.9 Å². The molecule has 24 heavy (non-hydrogen) atoms. The number of hydrogen-bond acceptors (Lipinski definition) is 4. The van der Waals surface area contributed by atoms with Crippen LogP contribution in [-0.2, 0) is 11.3 Å². The maximum Gasteiger partial charge on any atom is 0.124 e. The number of ether oxygens (including phenoxy) is 2. The Balaban J connectivity index is 1.65. The lowest BCUT2D eigenvalue weighted by Gasteiger charge is -2.23. The summed E-state index contributed by atoms with van der Waals surface area (Å²) in [4.78, 5) is 5.99. The van der Waals surface area contributed by atoms with Crippen LogP contribution in [0.5, 0.6) is 11.5 Å². The average molecular weight is 327 g/mol. The van der Waals surface area contributed by atoms with Crippen LogP contribution in [0.4, 0.5) is 5.69 Å². The highest BCUT2D eigenvalue weighted by Crippen LogP contribution is 2.22. The second-order valence-electron chi connectivity index (χ2n) is 5.89. The Bertz CT molecular complexity index is 692. The average Bonchev–Trinajstić information content (AvgIpc) is 2.63. The predicted octanol–water partition coefficient (Wildman–Crippen LogP) is 1.57. The van der Waals surface area contributed by atoms with E-state index in [0.717, 1.165) is 38.5 Å². The van der Waals surface area contributed by atoms with Crippen molar-refractivity contribution in [2.24, 2.45) is 4.99 Å². The molecule has 1 fully saturated rings. The molecule has 5 heteroatoms. The zero-order chi connectivity index (χ0) is 16.8. The summed E-state index contributed by atoms with van der Waals surface area (Å²) in [5.74, 6) is 0.880. The Kier molecular flexibility index (Phi) is 5.46. The van der Waals surface area contributed by atoms with Crippen LogP contribution >= 0.6 is 0 Å². The molecule has 0 amide bonds. The topological polar surface area (TPSA) is 55.5 Å². The SMILES string of the molecule is COc1ccc(O)c(C=Nc2ccc(C[NH+]3CCOCC3)cc2)c1. The van der Waals surface area contributed by atoms with E-state index in [4.69, 9.17) is 9.47 Å². The van der Waals surface area contributed by atoms with Crippen LogP contribution in [0.15, 0.2) is 47.5 Å². The lowest BCUT2D eigenvalue weighted by atomic mass is 10.2. The van der Waals surface area contributed by atoms with Crippen molar-refractivity contribution in [1.82, 2.24) is 0 Å². The lowest BCUT2D eigenvalue weighted by Crippen LogP contribution is -3.12. The van der Waals surface area contributed by atoms with Gasteiger partial charge >= 0.3 is 0 Å². The van der Waals surface area contributed by atoms with Crippen LogP contribution in [0.1, 0.15) is 11.1 Å². The molecule has 2 N–H and O–H groups in total. The van der Waals surface area contributed by atoms with Gasteiger partial charge in [-0.05, 0) is 30.3 Å². The highest BCUT2D eigenvalue weighted by atomic mass is 16.5. The second kappa shape index (κ2) is 7.95. The summed E-state index contributed by atoms with van der Waals surface area (Å²) < 4.78 is 10.6. The predicted molar refractivity (Wildman–Crippen MR) is 93.6 cm³/mol. The standard InChI is InChI=1S/C19H22N2O3/c1-23-18-6-7-19(22)16(12-18)13-20-17-4-2-15(3-5-17)14-21-8-10-24-11-9-21/h2-7,12-13,22H,8-11,14H2,1H3/p+1. The van der Waals surface area contributed by atoms with E-state index in [1.807, 2.05) is 12.1 Å². The van der Waals surface area contributed by atoms with Crippen molar-refractivity contribution < 1.29 is 19.5 Å². The van der Waals surface area contributed by atoms with Crippen molar-refractivity contribution in [3.63, 3.8) is 0 Å². The van der Waals surface area contributed by atoms with Gasteiger partial charge in [0, 0.05) is 17.3 Å². The summed E-state index contributed by atoms with van der Waals surface area (Å²) in [5, 5.41) is 9.88. The molecule has 0 radical (unpaired) electrons. The van der Waals surface area contributed by atoms with Crippen LogP contribution < -0.4 is 9.64 Å². The number of methoxy groups -OCH3 is 1. The molecule has 5 nitrogen and oxygen atoms in total. The van der Waals surface area contributed by atoms with E-state index in [0.29, 0.717) is 11.3 Å². The number of nitrogens with one attached hydrogen (secondary N) is 1. The van der Waals surface area contributed by atoms with Crippen LogP contribution in [0.2, 0.25) is 0 Å². The summed E-state index contributed by atoms with van der Waals surface area (Å²) in [6.07, 6.45) is 1.65. The monoisotopic (exact) mass is 327 g/mol. The van der Waals surface area contributed by atoms with Gasteiger partial charge in [-0.1, -0.05) is 12.1 Å². The molecular formula is C19H23N2O3+. The molecule has 1 saturated heterocycles. The Morgan fingerprint density at radius 1 is 1.17 bits per heavy atom. The van der Waals surface area contributed by atoms with Gasteiger partial charge in [-0.2, -0.15) is 0 Å². The van der Waals surface area contributed by atoms with Crippen LogP contribution in [0.25, 0.3) is 0 Å². The van der Waals surface area contributed by atoms with Gasteiger partial charge in [-0.15, -0.1) is 0 Å². The molecule has 0 aliphatic carbocycles. The normalized spacial score (nSPS) is 15.7. The third-order valence-corrected chi connectivity index (χ3v) is 4.18. The number of rotatable bonds is 5. The third kappa shape index (κ3) is 4.34. The highest BCUT2D eigenvalue weighted by molar-refractivity contribution is 5.85. The lowest BCUT2D eigenvalue weighted by molar-refractivity contribution is -0.921. The minimum absolute atomic E-state index is 0.187. The van der Waals surface area contributed by atoms with Crippen LogP contribution in [0, 0.1) is 0 Å². The zero-order valence-corrected chi connectivity index (χ0v) is 13.9. The van der Waals surface area contributed by atoms with Crippen molar-refractivity contribution in [1.29, 1.82) is 0 Å². The summed E-state index contributed by atoms with van der Waals surface area (Å²) in [5.41, 5.74) is 2.80. The quantitative estimate of drug-likeness (QED) is 0.820. The number of hydrogen-bond donors (Lipinski definition) is 2. The Hall–Kier alpha value is -2.37. The number of aromatic hydroxyl groups is 1. The first kappa shape index (κ1) is 16.5. The van der Waals surface area contributed by atoms with Crippen molar-refractivity contribution in [2.75, 3.05) is 33.4 Å². The minimum Gasteiger partial charge on any atom is -0.507 e. The van der Waals surface area contributed by atoms with Gasteiger partial charge in [0.25, 0.3) is 0 Å². The first-order chi connectivity index (χ1) is 11.7. The fraction of sp³-hybridized carbons (Fsp3) is 0.316. The van der Waals surface area contributed by atoms with E-state index in [1.54, 1.807) is 36.4 Å². The smallest absolute Gasteiger partial charge is 0.124 e. The van der Waals surface area contributed by atoms with E-state index in [1.165, 1.54) is 5.56 Å². The van der Waals surface area contributed by atoms with Gasteiger partial charge in [0.2, 0.25) is 0 Å². The molecule has 1 heterocycles. The fourth-order valence-electron chi connectivity index (χ4n) is 2.73. The molecular weight excluding hydrogens is 304 g/mol. The maximum absolute atomic E-state index is 9.88. The Morgan fingerprint density at radius 2 is 1.92 bits per heavy atom. The maximum atomic E-state index is 9.88. The van der Waals surface area contributed by atoms with E-state index >= 15 is 0 Å². The van der Waals surface area contributed by atoms with Gasteiger partial charge < -0.3 is 19.5 Å². The first-order valence-electron chi connectivity index (χ1n) is 8.16. The van der Waals surface area contributed by atoms with E-state index in [9.17, 15) is 5.11 Å². The molecule has 0 spiro atoms. The molecule has 0 saturated carbocycles. The summed E-state index contributed by atoms with van der Waals surface area (Å²) in [6, 6.07) is 13.3. The fourth-order valence-corrected chi connectivity index (χ4v) is 2.73. The van der Waals surface area contributed by atoms with Crippen molar-refractivity contribution in [3.05, 3.63) is 53.6 Å². The number of aliphatic imine (C=N–C) groups is 1. The molecule has 3 rings (SSSR count). The highest BCUT2D eigenvalue weighted by Gasteiger charge is 2.13. The Morgan fingerprint density at radius 3 is 2.62 bits per heavy atom. The Labute approximate surface area is 142 Å². The van der Waals surface area contributed by atoms with E-state index in [2.05, 4.69) is 17.1 Å². The summed E-state index contributed by atoms with van der Waals surface area (Å²) in [7, 11) is 1.60. The molecule has 0 aromatic heterocycles. The van der Waals surface area contributed by atoms with Gasteiger partial charge in [-0.25, -0.2) is 0 Å². The summed E-state index contributed by atoms with van der Waals surface area (Å²) in [6.45, 7) is 4.84. The second-order valence-corrected chi connectivity index (χ2v) is 5.89. The number of nitrogens with zero attached hydrogens (tertiary/aromatic N) is 1. The van der Waals surface area contributed by atoms with Crippen LogP contribution in [-0.4, -0.2) is 44.7 Å². The molecule has 2 aromatic rings. The molecule has 0 atom stereocenters. The van der Waals surface area contributed by atoms with Crippen LogP contribution in [0.3, 0.4) is 0 Å². The largest absolute Gasteiger partial charge is 0.507 e. The molecule has 126 valence electrons. The number of phenols is 1. The van der Waals surface area contributed by atoms with Crippen molar-refractivity contribution in [2.45, 2.75) is 6.54 Å². The molecule has 1 aliphatic rings. The molecule has 1 aliphatic heterocycles. The van der Waals surface area contributed by atoms with Gasteiger partial charge in [0.1, 0.15) is 31.1 Å². The number of phenolic OH excluding ortho intramolecular Hbond substituents is 1.